The summed E-state index contributed by atoms with van der Waals surface area (Å²) in [7, 11) is 0. The van der Waals surface area contributed by atoms with Gasteiger partial charge in [-0.1, -0.05) is 17.7 Å². The Bertz CT molecular complexity index is 617. The number of nitrogens with zero attached hydrogens (tertiary/aromatic N) is 1. The van der Waals surface area contributed by atoms with Crippen LogP contribution in [0.15, 0.2) is 17.1 Å². The molecule has 1 unspecified atom stereocenters. The molecule has 0 heterocycles. The molecule has 0 aliphatic heterocycles. The normalized spacial score (nSPS) is 20.3. The van der Waals surface area contributed by atoms with Crippen LogP contribution in [-0.4, -0.2) is 30.4 Å². The minimum Gasteiger partial charge on any atom is -0.303 e. The average molecular weight is 369 g/mol. The highest BCUT2D eigenvalue weighted by molar-refractivity contribution is 6.31. The molecule has 0 radical (unpaired) electrons. The molecule has 2 rings (SSSR count). The third-order valence-electron chi connectivity index (χ3n) is 4.08. The number of benzene rings is 1. The Balaban J connectivity index is 1.98. The summed E-state index contributed by atoms with van der Waals surface area (Å²) in [6, 6.07) is 3.23. The van der Waals surface area contributed by atoms with Gasteiger partial charge in [0.1, 0.15) is 0 Å². The predicted molar refractivity (Wildman–Crippen MR) is 84.1 cm³/mol. The second kappa shape index (κ2) is 6.96. The summed E-state index contributed by atoms with van der Waals surface area (Å²) in [4.78, 5) is 4.34. The van der Waals surface area contributed by atoms with E-state index in [4.69, 9.17) is 11.6 Å². The SMILES string of the molecule is Cc1cc(C)c(CN=C2CCC2NCC(F)(F)C(F)(F)F)c(Cl)c1. The third kappa shape index (κ3) is 4.25. The van der Waals surface area contributed by atoms with Crippen molar-refractivity contribution in [1.82, 2.24) is 5.32 Å². The molecule has 0 spiro atoms. The summed E-state index contributed by atoms with van der Waals surface area (Å²) < 4.78 is 62.3. The van der Waals surface area contributed by atoms with Crippen molar-refractivity contribution in [3.05, 3.63) is 33.8 Å². The van der Waals surface area contributed by atoms with Crippen LogP contribution in [0.25, 0.3) is 0 Å². The van der Waals surface area contributed by atoms with Gasteiger partial charge < -0.3 is 5.32 Å². The van der Waals surface area contributed by atoms with Crippen LogP contribution >= 0.6 is 11.6 Å². The van der Waals surface area contributed by atoms with Gasteiger partial charge in [0.25, 0.3) is 0 Å². The maximum absolute atomic E-state index is 12.9. The quantitative estimate of drug-likeness (QED) is 0.738. The van der Waals surface area contributed by atoms with Gasteiger partial charge in [-0.2, -0.15) is 22.0 Å². The van der Waals surface area contributed by atoms with Crippen LogP contribution in [0.1, 0.15) is 29.5 Å². The fraction of sp³-hybridized carbons (Fsp3) is 0.562. The lowest BCUT2D eigenvalue weighted by Crippen LogP contribution is -2.52. The summed E-state index contributed by atoms with van der Waals surface area (Å²) in [5.41, 5.74) is 3.42. The van der Waals surface area contributed by atoms with Crippen molar-refractivity contribution in [1.29, 1.82) is 0 Å². The first-order valence-corrected chi connectivity index (χ1v) is 7.86. The Kier molecular flexibility index (Phi) is 5.54. The van der Waals surface area contributed by atoms with Crippen LogP contribution in [0.3, 0.4) is 0 Å². The van der Waals surface area contributed by atoms with Crippen molar-refractivity contribution >= 4 is 17.3 Å². The van der Waals surface area contributed by atoms with Crippen molar-refractivity contribution in [3.63, 3.8) is 0 Å². The van der Waals surface area contributed by atoms with E-state index < -0.39 is 24.7 Å². The molecule has 1 atom stereocenters. The van der Waals surface area contributed by atoms with E-state index in [1.54, 1.807) is 0 Å². The van der Waals surface area contributed by atoms with Gasteiger partial charge >= 0.3 is 12.1 Å². The molecular formula is C16H18ClF5N2. The predicted octanol–water partition coefficient (Wildman–Crippen LogP) is 4.85. The minimum absolute atomic E-state index is 0.286. The van der Waals surface area contributed by atoms with E-state index in [0.717, 1.165) is 16.7 Å². The van der Waals surface area contributed by atoms with Gasteiger partial charge in [0.15, 0.2) is 0 Å². The Morgan fingerprint density at radius 1 is 1.21 bits per heavy atom. The van der Waals surface area contributed by atoms with Crippen molar-refractivity contribution < 1.29 is 22.0 Å². The van der Waals surface area contributed by atoms with E-state index >= 15 is 0 Å². The van der Waals surface area contributed by atoms with Crippen LogP contribution in [0.5, 0.6) is 0 Å². The summed E-state index contributed by atoms with van der Waals surface area (Å²) in [5, 5.41) is 2.83. The maximum atomic E-state index is 12.9. The van der Waals surface area contributed by atoms with E-state index in [1.807, 2.05) is 26.0 Å². The molecule has 1 aromatic carbocycles. The molecule has 1 saturated carbocycles. The van der Waals surface area contributed by atoms with Gasteiger partial charge in [-0.15, -0.1) is 0 Å². The average Bonchev–Trinajstić information content (AvgIpc) is 2.39. The van der Waals surface area contributed by atoms with Crippen LogP contribution in [0.2, 0.25) is 5.02 Å². The molecule has 0 saturated heterocycles. The summed E-state index contributed by atoms with van der Waals surface area (Å²) in [6.45, 7) is 2.66. The first-order valence-electron chi connectivity index (χ1n) is 7.48. The van der Waals surface area contributed by atoms with Gasteiger partial charge in [-0.05, 0) is 49.4 Å². The minimum atomic E-state index is -5.55. The lowest BCUT2D eigenvalue weighted by Gasteiger charge is -2.31. The first-order chi connectivity index (χ1) is 11.0. The standard InChI is InChI=1S/C16H18ClF5N2/c1-9-5-10(2)11(12(17)6-9)7-23-13-3-4-14(13)24-8-15(18,19)16(20,21)22/h5-6,14,24H,3-4,7-8H2,1-2H3. The Morgan fingerprint density at radius 2 is 1.88 bits per heavy atom. The fourth-order valence-electron chi connectivity index (χ4n) is 2.50. The summed E-state index contributed by atoms with van der Waals surface area (Å²) >= 11 is 6.18. The lowest BCUT2D eigenvalue weighted by atomic mass is 9.89. The highest BCUT2D eigenvalue weighted by Gasteiger charge is 2.57. The van der Waals surface area contributed by atoms with Gasteiger partial charge in [0, 0.05) is 16.8 Å². The van der Waals surface area contributed by atoms with Crippen molar-refractivity contribution in [2.45, 2.75) is 51.4 Å². The number of alkyl halides is 5. The van der Waals surface area contributed by atoms with E-state index in [1.165, 1.54) is 0 Å². The maximum Gasteiger partial charge on any atom is 0.454 e. The lowest BCUT2D eigenvalue weighted by molar-refractivity contribution is -0.279. The van der Waals surface area contributed by atoms with Crippen molar-refractivity contribution in [2.75, 3.05) is 6.54 Å². The Hall–Kier alpha value is -1.21. The van der Waals surface area contributed by atoms with Gasteiger partial charge in [0.2, 0.25) is 0 Å². The number of rotatable bonds is 5. The van der Waals surface area contributed by atoms with E-state index in [2.05, 4.69) is 10.3 Å². The Morgan fingerprint density at radius 3 is 2.38 bits per heavy atom. The Labute approximate surface area is 142 Å². The van der Waals surface area contributed by atoms with Gasteiger partial charge in [-0.25, -0.2) is 0 Å². The highest BCUT2D eigenvalue weighted by Crippen LogP contribution is 2.35. The number of hydrogen-bond donors (Lipinski definition) is 1. The fourth-order valence-corrected chi connectivity index (χ4v) is 2.89. The van der Waals surface area contributed by atoms with E-state index in [-0.39, 0.29) is 6.54 Å². The zero-order valence-corrected chi connectivity index (χ0v) is 14.0. The van der Waals surface area contributed by atoms with Gasteiger partial charge in [-0.3, -0.25) is 4.99 Å². The van der Waals surface area contributed by atoms with Crippen LogP contribution in [0.4, 0.5) is 22.0 Å². The molecule has 24 heavy (non-hydrogen) atoms. The molecule has 1 aromatic rings. The van der Waals surface area contributed by atoms with Crippen LogP contribution < -0.4 is 5.32 Å². The van der Waals surface area contributed by atoms with Crippen LogP contribution in [-0.2, 0) is 6.54 Å². The number of aliphatic imine (C=N–C) groups is 1. The largest absolute Gasteiger partial charge is 0.454 e. The van der Waals surface area contributed by atoms with E-state index in [0.29, 0.717) is 23.6 Å². The molecule has 2 nitrogen and oxygen atoms in total. The third-order valence-corrected chi connectivity index (χ3v) is 4.42. The highest BCUT2D eigenvalue weighted by atomic mass is 35.5. The summed E-state index contributed by atoms with van der Waals surface area (Å²) in [5.74, 6) is -4.75. The number of nitrogens with one attached hydrogen (secondary N) is 1. The molecule has 0 bridgehead atoms. The second-order valence-corrected chi connectivity index (χ2v) is 6.43. The van der Waals surface area contributed by atoms with Crippen LogP contribution in [0, 0.1) is 13.8 Å². The molecule has 1 aliphatic carbocycles. The molecule has 1 N–H and O–H groups in total. The smallest absolute Gasteiger partial charge is 0.303 e. The number of aryl methyl sites for hydroxylation is 2. The summed E-state index contributed by atoms with van der Waals surface area (Å²) in [6.07, 6.45) is -4.47. The zero-order valence-electron chi connectivity index (χ0n) is 13.3. The molecule has 134 valence electrons. The molecule has 1 fully saturated rings. The zero-order chi connectivity index (χ0) is 18.1. The molecule has 1 aliphatic rings. The molecular weight excluding hydrogens is 351 g/mol. The van der Waals surface area contributed by atoms with Crippen molar-refractivity contribution in [2.24, 2.45) is 4.99 Å². The number of halogens is 6. The van der Waals surface area contributed by atoms with Crippen molar-refractivity contribution in [3.8, 4) is 0 Å². The first kappa shape index (κ1) is 19.1. The topological polar surface area (TPSA) is 24.4 Å². The second-order valence-electron chi connectivity index (χ2n) is 6.02. The molecule has 0 aromatic heterocycles. The van der Waals surface area contributed by atoms with Gasteiger partial charge in [0.05, 0.1) is 13.1 Å². The number of hydrogen-bond acceptors (Lipinski definition) is 2. The van der Waals surface area contributed by atoms with E-state index in [9.17, 15) is 22.0 Å². The molecule has 0 amide bonds. The molecule has 8 heteroatoms. The monoisotopic (exact) mass is 368 g/mol.